The lowest BCUT2D eigenvalue weighted by Crippen LogP contribution is -2.15. The maximum Gasteiger partial charge on any atom is 0.378 e. The number of ether oxygens (including phenoxy) is 1. The van der Waals surface area contributed by atoms with Crippen LogP contribution in [0.1, 0.15) is 21.0 Å². The number of halogens is 3. The standard InChI is InChI=1S/C23H14Cl3N3O3/c24-16-8-6-15(7-9-16)22-27-21(28-29(22)17-10-11-18(25)19(26)12-17)23(31)32-13-20(30)14-4-2-1-3-5-14/h1-12H,13H2. The molecule has 0 atom stereocenters. The summed E-state index contributed by atoms with van der Waals surface area (Å²) in [7, 11) is 0. The van der Waals surface area contributed by atoms with Gasteiger partial charge in [-0.25, -0.2) is 14.5 Å². The van der Waals surface area contributed by atoms with Gasteiger partial charge in [0.25, 0.3) is 5.82 Å². The highest BCUT2D eigenvalue weighted by Crippen LogP contribution is 2.28. The van der Waals surface area contributed by atoms with E-state index in [1.165, 1.54) is 4.68 Å². The van der Waals surface area contributed by atoms with Crippen LogP contribution in [0.5, 0.6) is 0 Å². The van der Waals surface area contributed by atoms with Crippen molar-refractivity contribution in [1.82, 2.24) is 14.8 Å². The molecule has 0 spiro atoms. The molecule has 0 radical (unpaired) electrons. The summed E-state index contributed by atoms with van der Waals surface area (Å²) in [6, 6.07) is 20.3. The second-order valence-corrected chi connectivity index (χ2v) is 7.89. The summed E-state index contributed by atoms with van der Waals surface area (Å²) in [6.45, 7) is -0.430. The van der Waals surface area contributed by atoms with Gasteiger partial charge < -0.3 is 4.74 Å². The third-order valence-electron chi connectivity index (χ3n) is 4.47. The molecule has 3 aromatic carbocycles. The SMILES string of the molecule is O=C(COC(=O)c1nc(-c2ccc(Cl)cc2)n(-c2ccc(Cl)c(Cl)c2)n1)c1ccccc1. The van der Waals surface area contributed by atoms with E-state index in [1.54, 1.807) is 72.8 Å². The minimum atomic E-state index is -0.830. The Morgan fingerprint density at radius 2 is 1.59 bits per heavy atom. The van der Waals surface area contributed by atoms with Crippen LogP contribution in [0.4, 0.5) is 0 Å². The van der Waals surface area contributed by atoms with Crippen LogP contribution in [0.3, 0.4) is 0 Å². The van der Waals surface area contributed by atoms with Crippen molar-refractivity contribution in [3.05, 3.63) is 99.3 Å². The summed E-state index contributed by atoms with van der Waals surface area (Å²) in [5, 5.41) is 5.53. The molecular formula is C23H14Cl3N3O3. The van der Waals surface area contributed by atoms with E-state index >= 15 is 0 Å². The van der Waals surface area contributed by atoms with Crippen molar-refractivity contribution < 1.29 is 14.3 Å². The molecule has 4 rings (SSSR count). The van der Waals surface area contributed by atoms with Crippen molar-refractivity contribution in [1.29, 1.82) is 0 Å². The van der Waals surface area contributed by atoms with E-state index in [-0.39, 0.29) is 11.6 Å². The third kappa shape index (κ3) is 4.83. The number of hydrogen-bond acceptors (Lipinski definition) is 5. The lowest BCUT2D eigenvalue weighted by atomic mass is 10.1. The van der Waals surface area contributed by atoms with E-state index in [9.17, 15) is 9.59 Å². The van der Waals surface area contributed by atoms with Gasteiger partial charge in [0.15, 0.2) is 18.2 Å². The lowest BCUT2D eigenvalue weighted by molar-refractivity contribution is 0.0462. The van der Waals surface area contributed by atoms with Crippen LogP contribution < -0.4 is 0 Å². The number of rotatable bonds is 6. The first-order valence-electron chi connectivity index (χ1n) is 9.36. The van der Waals surface area contributed by atoms with Crippen molar-refractivity contribution >= 4 is 46.6 Å². The maximum atomic E-state index is 12.6. The molecule has 0 bridgehead atoms. The molecule has 0 aliphatic heterocycles. The molecular weight excluding hydrogens is 473 g/mol. The largest absolute Gasteiger partial charge is 0.451 e. The van der Waals surface area contributed by atoms with Gasteiger partial charge in [-0.3, -0.25) is 4.79 Å². The van der Waals surface area contributed by atoms with E-state index < -0.39 is 12.6 Å². The number of Topliss-reactive ketones (excluding diaryl/α,β-unsaturated/α-hetero) is 1. The summed E-state index contributed by atoms with van der Waals surface area (Å²) >= 11 is 18.2. The topological polar surface area (TPSA) is 74.1 Å². The highest BCUT2D eigenvalue weighted by atomic mass is 35.5. The average molecular weight is 487 g/mol. The third-order valence-corrected chi connectivity index (χ3v) is 5.46. The van der Waals surface area contributed by atoms with Crippen molar-refractivity contribution in [2.24, 2.45) is 0 Å². The number of nitrogens with zero attached hydrogens (tertiary/aromatic N) is 3. The molecule has 0 aliphatic carbocycles. The Balaban J connectivity index is 1.65. The predicted octanol–water partition coefficient (Wildman–Crippen LogP) is 5.93. The first-order valence-corrected chi connectivity index (χ1v) is 10.5. The minimum absolute atomic E-state index is 0.207. The van der Waals surface area contributed by atoms with Crippen LogP contribution in [0.2, 0.25) is 15.1 Å². The normalized spacial score (nSPS) is 10.7. The molecule has 0 unspecified atom stereocenters. The van der Waals surface area contributed by atoms with Gasteiger partial charge in [-0.1, -0.05) is 65.1 Å². The van der Waals surface area contributed by atoms with Crippen LogP contribution in [0.15, 0.2) is 72.8 Å². The molecule has 0 saturated heterocycles. The molecule has 4 aromatic rings. The molecule has 32 heavy (non-hydrogen) atoms. The number of aromatic nitrogens is 3. The number of carbonyl (C=O) groups excluding carboxylic acids is 2. The molecule has 1 heterocycles. The fraction of sp³-hybridized carbons (Fsp3) is 0.0435. The van der Waals surface area contributed by atoms with Crippen LogP contribution in [-0.2, 0) is 4.74 Å². The van der Waals surface area contributed by atoms with Gasteiger partial charge in [0.1, 0.15) is 0 Å². The van der Waals surface area contributed by atoms with Crippen LogP contribution >= 0.6 is 34.8 Å². The second-order valence-electron chi connectivity index (χ2n) is 6.64. The molecule has 160 valence electrons. The second kappa shape index (κ2) is 9.53. The Morgan fingerprint density at radius 3 is 2.28 bits per heavy atom. The summed E-state index contributed by atoms with van der Waals surface area (Å²) in [5.41, 5.74) is 1.64. The highest BCUT2D eigenvalue weighted by molar-refractivity contribution is 6.42. The smallest absolute Gasteiger partial charge is 0.378 e. The number of esters is 1. The molecule has 6 nitrogen and oxygen atoms in total. The minimum Gasteiger partial charge on any atom is -0.451 e. The zero-order chi connectivity index (χ0) is 22.7. The molecule has 0 fully saturated rings. The van der Waals surface area contributed by atoms with Crippen LogP contribution in [0.25, 0.3) is 17.1 Å². The summed E-state index contributed by atoms with van der Waals surface area (Å²) in [6.07, 6.45) is 0. The van der Waals surface area contributed by atoms with Crippen molar-refractivity contribution in [3.8, 4) is 17.1 Å². The summed E-state index contributed by atoms with van der Waals surface area (Å²) < 4.78 is 6.60. The fourth-order valence-electron chi connectivity index (χ4n) is 2.88. The molecule has 9 heteroatoms. The summed E-state index contributed by atoms with van der Waals surface area (Å²) in [5.74, 6) is -1.01. The van der Waals surface area contributed by atoms with E-state index in [0.29, 0.717) is 37.7 Å². The first-order chi connectivity index (χ1) is 15.4. The van der Waals surface area contributed by atoms with Gasteiger partial charge in [-0.2, -0.15) is 0 Å². The van der Waals surface area contributed by atoms with E-state index in [0.717, 1.165) is 0 Å². The zero-order valence-corrected chi connectivity index (χ0v) is 18.6. The Kier molecular flexibility index (Phi) is 6.55. The van der Waals surface area contributed by atoms with E-state index in [2.05, 4.69) is 10.1 Å². The Bertz CT molecular complexity index is 1290. The Morgan fingerprint density at radius 1 is 0.875 bits per heavy atom. The Hall–Kier alpha value is -3.19. The quantitative estimate of drug-likeness (QED) is 0.249. The van der Waals surface area contributed by atoms with Gasteiger partial charge in [-0.05, 0) is 42.5 Å². The molecule has 0 amide bonds. The number of carbonyl (C=O) groups is 2. The number of benzene rings is 3. The number of ketones is 1. The monoisotopic (exact) mass is 485 g/mol. The lowest BCUT2D eigenvalue weighted by Gasteiger charge is -2.07. The molecule has 0 saturated carbocycles. The van der Waals surface area contributed by atoms with Gasteiger partial charge in [0, 0.05) is 16.1 Å². The van der Waals surface area contributed by atoms with Gasteiger partial charge >= 0.3 is 5.97 Å². The predicted molar refractivity (Wildman–Crippen MR) is 123 cm³/mol. The van der Waals surface area contributed by atoms with Gasteiger partial charge in [0.2, 0.25) is 0 Å². The highest BCUT2D eigenvalue weighted by Gasteiger charge is 2.21. The van der Waals surface area contributed by atoms with Gasteiger partial charge in [0.05, 0.1) is 15.7 Å². The fourth-order valence-corrected chi connectivity index (χ4v) is 3.30. The zero-order valence-electron chi connectivity index (χ0n) is 16.3. The van der Waals surface area contributed by atoms with Crippen molar-refractivity contribution in [2.45, 2.75) is 0 Å². The average Bonchev–Trinajstić information content (AvgIpc) is 3.25. The van der Waals surface area contributed by atoms with Gasteiger partial charge in [-0.15, -0.1) is 5.10 Å². The summed E-state index contributed by atoms with van der Waals surface area (Å²) in [4.78, 5) is 29.2. The van der Waals surface area contributed by atoms with E-state index in [4.69, 9.17) is 39.5 Å². The maximum absolute atomic E-state index is 12.6. The van der Waals surface area contributed by atoms with Crippen molar-refractivity contribution in [2.75, 3.05) is 6.61 Å². The first kappa shape index (κ1) is 22.0. The number of hydrogen-bond donors (Lipinski definition) is 0. The Labute approximate surface area is 198 Å². The molecule has 0 aliphatic rings. The molecule has 1 aromatic heterocycles. The van der Waals surface area contributed by atoms with E-state index in [1.807, 2.05) is 0 Å². The van der Waals surface area contributed by atoms with Crippen LogP contribution in [0, 0.1) is 0 Å². The van der Waals surface area contributed by atoms with Crippen molar-refractivity contribution in [3.63, 3.8) is 0 Å². The molecule has 0 N–H and O–H groups in total. The van der Waals surface area contributed by atoms with Crippen LogP contribution in [-0.4, -0.2) is 33.1 Å².